The molecule has 1 aromatic carbocycles. The molecule has 0 fully saturated rings. The topological polar surface area (TPSA) is 72.2 Å². The van der Waals surface area contributed by atoms with E-state index in [9.17, 15) is 8.42 Å². The zero-order chi connectivity index (χ0) is 13.1. The highest BCUT2D eigenvalue weighted by Gasteiger charge is 2.17. The Bertz CT molecular complexity index is 498. The number of nitrogen functional groups attached to an aromatic ring is 1. The Morgan fingerprint density at radius 3 is 2.59 bits per heavy atom. The van der Waals surface area contributed by atoms with E-state index in [4.69, 9.17) is 5.73 Å². The van der Waals surface area contributed by atoms with E-state index in [2.05, 4.69) is 4.72 Å². The number of benzene rings is 1. The molecule has 1 aromatic rings. The molecule has 0 aromatic heterocycles. The number of hydrogen-bond donors (Lipinski definition) is 2. The van der Waals surface area contributed by atoms with Gasteiger partial charge >= 0.3 is 0 Å². The Hall–Kier alpha value is -0.720. The van der Waals surface area contributed by atoms with Crippen LogP contribution in [-0.2, 0) is 10.0 Å². The van der Waals surface area contributed by atoms with Gasteiger partial charge in [-0.1, -0.05) is 0 Å². The van der Waals surface area contributed by atoms with Crippen molar-refractivity contribution in [3.63, 3.8) is 0 Å². The average Bonchev–Trinajstić information content (AvgIpc) is 2.23. The van der Waals surface area contributed by atoms with Gasteiger partial charge in [-0.05, 0) is 43.4 Å². The molecular formula is C11H18N2O2S2. The first-order valence-corrected chi connectivity index (χ1v) is 8.11. The maximum atomic E-state index is 12.1. The first-order valence-electron chi connectivity index (χ1n) is 5.24. The van der Waals surface area contributed by atoms with Crippen molar-refractivity contribution in [1.29, 1.82) is 0 Å². The fraction of sp³-hybridized carbons (Fsp3) is 0.455. The quantitative estimate of drug-likeness (QED) is 0.631. The number of anilines is 1. The summed E-state index contributed by atoms with van der Waals surface area (Å²) in [6.45, 7) is 3.98. The number of nitrogens with two attached hydrogens (primary N) is 1. The number of aryl methyl sites for hydroxylation is 1. The lowest BCUT2D eigenvalue weighted by molar-refractivity contribution is 0.583. The van der Waals surface area contributed by atoms with Crippen molar-refractivity contribution < 1.29 is 8.42 Å². The van der Waals surface area contributed by atoms with Gasteiger partial charge < -0.3 is 5.73 Å². The fourth-order valence-electron chi connectivity index (χ4n) is 1.49. The molecule has 0 saturated carbocycles. The molecule has 0 aliphatic heterocycles. The summed E-state index contributed by atoms with van der Waals surface area (Å²) in [5, 5.41) is 0. The smallest absolute Gasteiger partial charge is 0.240 e. The van der Waals surface area contributed by atoms with Crippen LogP contribution in [0.15, 0.2) is 17.0 Å². The molecule has 0 saturated heterocycles. The first kappa shape index (κ1) is 14.3. The van der Waals surface area contributed by atoms with Crippen LogP contribution >= 0.6 is 11.8 Å². The number of rotatable bonds is 5. The van der Waals surface area contributed by atoms with Crippen LogP contribution in [0.3, 0.4) is 0 Å². The summed E-state index contributed by atoms with van der Waals surface area (Å²) in [5.41, 5.74) is 7.74. The van der Waals surface area contributed by atoms with Crippen molar-refractivity contribution >= 4 is 27.5 Å². The van der Waals surface area contributed by atoms with Crippen LogP contribution in [0, 0.1) is 13.8 Å². The summed E-state index contributed by atoms with van der Waals surface area (Å²) in [6, 6.07) is 3.42. The summed E-state index contributed by atoms with van der Waals surface area (Å²) in [7, 11) is -3.45. The number of thioether (sulfide) groups is 1. The molecule has 0 heterocycles. The molecule has 6 heteroatoms. The van der Waals surface area contributed by atoms with E-state index in [-0.39, 0.29) is 4.90 Å². The van der Waals surface area contributed by atoms with E-state index in [0.717, 1.165) is 11.3 Å². The van der Waals surface area contributed by atoms with E-state index in [1.165, 1.54) is 0 Å². The molecule has 4 nitrogen and oxygen atoms in total. The second kappa shape index (κ2) is 5.75. The molecule has 3 N–H and O–H groups in total. The Labute approximate surface area is 107 Å². The van der Waals surface area contributed by atoms with Gasteiger partial charge in [-0.3, -0.25) is 0 Å². The van der Waals surface area contributed by atoms with Gasteiger partial charge in [-0.2, -0.15) is 11.8 Å². The second-order valence-electron chi connectivity index (χ2n) is 3.87. The van der Waals surface area contributed by atoms with Crippen molar-refractivity contribution in [2.45, 2.75) is 18.7 Å². The third-order valence-corrected chi connectivity index (χ3v) is 4.63. The van der Waals surface area contributed by atoms with Gasteiger partial charge in [0.25, 0.3) is 0 Å². The summed E-state index contributed by atoms with van der Waals surface area (Å²) < 4.78 is 26.7. The molecule has 0 bridgehead atoms. The molecule has 0 spiro atoms. The third kappa shape index (κ3) is 3.62. The van der Waals surface area contributed by atoms with Gasteiger partial charge in [0.2, 0.25) is 10.0 Å². The van der Waals surface area contributed by atoms with Crippen LogP contribution in [-0.4, -0.2) is 27.0 Å². The standard InChI is InChI=1S/C11H18N2O2S2/c1-8-6-10(12)9(2)11(7-8)17(14,15)13-4-5-16-3/h6-7,13H,4-5,12H2,1-3H3. The maximum Gasteiger partial charge on any atom is 0.240 e. The first-order chi connectivity index (χ1) is 7.88. The number of sulfonamides is 1. The Morgan fingerprint density at radius 1 is 1.35 bits per heavy atom. The average molecular weight is 274 g/mol. The normalized spacial score (nSPS) is 11.7. The van der Waals surface area contributed by atoms with Crippen LogP contribution in [0.25, 0.3) is 0 Å². The molecular weight excluding hydrogens is 256 g/mol. The zero-order valence-corrected chi connectivity index (χ0v) is 11.9. The lowest BCUT2D eigenvalue weighted by Crippen LogP contribution is -2.27. The van der Waals surface area contributed by atoms with Crippen molar-refractivity contribution in [2.24, 2.45) is 0 Å². The highest BCUT2D eigenvalue weighted by Crippen LogP contribution is 2.22. The van der Waals surface area contributed by atoms with Gasteiger partial charge in [0.05, 0.1) is 4.90 Å². The van der Waals surface area contributed by atoms with Crippen LogP contribution in [0.1, 0.15) is 11.1 Å². The summed E-state index contributed by atoms with van der Waals surface area (Å²) in [5.74, 6) is 0.750. The minimum atomic E-state index is -3.45. The predicted octanol–water partition coefficient (Wildman–Crippen LogP) is 1.53. The lowest BCUT2D eigenvalue weighted by Gasteiger charge is -2.11. The summed E-state index contributed by atoms with van der Waals surface area (Å²) in [6.07, 6.45) is 1.93. The van der Waals surface area contributed by atoms with Crippen molar-refractivity contribution in [3.05, 3.63) is 23.3 Å². The lowest BCUT2D eigenvalue weighted by atomic mass is 10.1. The molecule has 0 aliphatic carbocycles. The van der Waals surface area contributed by atoms with Gasteiger partial charge in [0, 0.05) is 18.0 Å². The Morgan fingerprint density at radius 2 is 2.00 bits per heavy atom. The molecule has 17 heavy (non-hydrogen) atoms. The molecule has 0 amide bonds. The predicted molar refractivity (Wildman–Crippen MR) is 73.9 cm³/mol. The maximum absolute atomic E-state index is 12.1. The van der Waals surface area contributed by atoms with Gasteiger partial charge in [-0.15, -0.1) is 0 Å². The van der Waals surface area contributed by atoms with Crippen LogP contribution < -0.4 is 10.5 Å². The number of nitrogens with one attached hydrogen (secondary N) is 1. The highest BCUT2D eigenvalue weighted by molar-refractivity contribution is 7.98. The minimum absolute atomic E-state index is 0.274. The van der Waals surface area contributed by atoms with Crippen molar-refractivity contribution in [2.75, 3.05) is 24.3 Å². The van der Waals surface area contributed by atoms with E-state index in [0.29, 0.717) is 17.8 Å². The van der Waals surface area contributed by atoms with Crippen molar-refractivity contribution in [3.8, 4) is 0 Å². The zero-order valence-electron chi connectivity index (χ0n) is 10.3. The van der Waals surface area contributed by atoms with E-state index < -0.39 is 10.0 Å². The highest BCUT2D eigenvalue weighted by atomic mass is 32.2. The second-order valence-corrected chi connectivity index (χ2v) is 6.59. The molecule has 0 aliphatic rings. The van der Waals surface area contributed by atoms with E-state index in [1.807, 2.05) is 13.2 Å². The van der Waals surface area contributed by atoms with Gasteiger partial charge in [-0.25, -0.2) is 13.1 Å². The van der Waals surface area contributed by atoms with Gasteiger partial charge in [0.1, 0.15) is 0 Å². The van der Waals surface area contributed by atoms with Gasteiger partial charge in [0.15, 0.2) is 0 Å². The minimum Gasteiger partial charge on any atom is -0.398 e. The SMILES string of the molecule is CSCCNS(=O)(=O)c1cc(C)cc(N)c1C. The van der Waals surface area contributed by atoms with Crippen LogP contribution in [0.2, 0.25) is 0 Å². The monoisotopic (exact) mass is 274 g/mol. The molecule has 0 unspecified atom stereocenters. The van der Waals surface area contributed by atoms with Crippen LogP contribution in [0.5, 0.6) is 0 Å². The largest absolute Gasteiger partial charge is 0.398 e. The van der Waals surface area contributed by atoms with E-state index in [1.54, 1.807) is 30.8 Å². The van der Waals surface area contributed by atoms with Crippen molar-refractivity contribution in [1.82, 2.24) is 4.72 Å². The number of hydrogen-bond acceptors (Lipinski definition) is 4. The molecule has 1 rings (SSSR count). The van der Waals surface area contributed by atoms with E-state index >= 15 is 0 Å². The van der Waals surface area contributed by atoms with Crippen LogP contribution in [0.4, 0.5) is 5.69 Å². The Kier molecular flexibility index (Phi) is 4.85. The molecule has 0 radical (unpaired) electrons. The summed E-state index contributed by atoms with van der Waals surface area (Å²) in [4.78, 5) is 0.274. The molecule has 0 atom stereocenters. The third-order valence-electron chi connectivity index (χ3n) is 2.43. The Balaban J connectivity index is 3.06. The molecule has 96 valence electrons. The fourth-order valence-corrected chi connectivity index (χ4v) is 3.31. The summed E-state index contributed by atoms with van der Waals surface area (Å²) >= 11 is 1.60.